The summed E-state index contributed by atoms with van der Waals surface area (Å²) in [5.41, 5.74) is 7.52. The normalized spacial score (nSPS) is 28.1. The first-order chi connectivity index (χ1) is 15.0. The van der Waals surface area contributed by atoms with E-state index in [4.69, 9.17) is 16.0 Å². The summed E-state index contributed by atoms with van der Waals surface area (Å²) in [5.74, 6) is 2.49. The Morgan fingerprint density at radius 3 is 2.42 bits per heavy atom. The molecular weight excluding hydrogens is 428 g/mol. The summed E-state index contributed by atoms with van der Waals surface area (Å²) in [6.07, 6.45) is 7.91. The number of nitriles is 2. The van der Waals surface area contributed by atoms with Crippen molar-refractivity contribution in [2.75, 3.05) is 16.8 Å². The number of thiazole rings is 1. The van der Waals surface area contributed by atoms with E-state index in [1.807, 2.05) is 12.1 Å². The van der Waals surface area contributed by atoms with Gasteiger partial charge in [-0.25, -0.2) is 9.97 Å². The van der Waals surface area contributed by atoms with Crippen LogP contribution in [0.4, 0.5) is 10.9 Å². The topological polar surface area (TPSA) is 128 Å². The number of pyridine rings is 1. The lowest BCUT2D eigenvalue weighted by Crippen LogP contribution is -2.48. The van der Waals surface area contributed by atoms with E-state index in [-0.39, 0.29) is 34.0 Å². The molecule has 3 N–H and O–H groups in total. The van der Waals surface area contributed by atoms with Gasteiger partial charge < -0.3 is 11.1 Å². The number of amides is 1. The van der Waals surface area contributed by atoms with Gasteiger partial charge in [-0.05, 0) is 62.3 Å². The van der Waals surface area contributed by atoms with Crippen molar-refractivity contribution >= 4 is 40.0 Å². The highest BCUT2D eigenvalue weighted by Gasteiger charge is 2.52. The standard InChI is InChI=1S/C22H22N6OS2/c23-8-15-4-16(9-24)20(28-19(15)25)30-11-18(29)27-21-26-17(10-31-21)22-5-12-1-13(6-22)3-14(2-12)7-22/h4,10,12-14H,1-3,5-7,11H2,(H2,25,28)(H,26,27,29). The molecular formula is C22H22N6OS2. The number of hydrogen-bond acceptors (Lipinski definition) is 8. The molecule has 0 atom stereocenters. The molecule has 4 bridgehead atoms. The number of nitrogens with two attached hydrogens (primary N) is 1. The zero-order valence-corrected chi connectivity index (χ0v) is 18.6. The molecule has 2 aromatic rings. The van der Waals surface area contributed by atoms with Crippen molar-refractivity contribution in [3.05, 3.63) is 28.3 Å². The highest BCUT2D eigenvalue weighted by atomic mass is 32.2. The van der Waals surface area contributed by atoms with Crippen LogP contribution in [-0.4, -0.2) is 21.6 Å². The molecule has 0 radical (unpaired) electrons. The zero-order valence-electron chi connectivity index (χ0n) is 16.9. The Labute approximate surface area is 189 Å². The molecule has 7 nitrogen and oxygen atoms in total. The molecule has 2 aromatic heterocycles. The van der Waals surface area contributed by atoms with Crippen molar-refractivity contribution in [1.82, 2.24) is 9.97 Å². The number of aromatic nitrogens is 2. The predicted octanol–water partition coefficient (Wildman–Crippen LogP) is 4.06. The first-order valence-electron chi connectivity index (χ1n) is 10.5. The van der Waals surface area contributed by atoms with Gasteiger partial charge in [0.25, 0.3) is 0 Å². The summed E-state index contributed by atoms with van der Waals surface area (Å²) in [5, 5.41) is 24.3. The number of carbonyl (C=O) groups excluding carboxylic acids is 1. The van der Waals surface area contributed by atoms with Gasteiger partial charge in [-0.2, -0.15) is 10.5 Å². The largest absolute Gasteiger partial charge is 0.383 e. The van der Waals surface area contributed by atoms with Crippen LogP contribution >= 0.6 is 23.1 Å². The molecule has 9 heteroatoms. The second kappa shape index (κ2) is 7.81. The van der Waals surface area contributed by atoms with Gasteiger partial charge in [0.1, 0.15) is 23.0 Å². The number of carbonyl (C=O) groups is 1. The van der Waals surface area contributed by atoms with Crippen molar-refractivity contribution in [1.29, 1.82) is 10.5 Å². The predicted molar refractivity (Wildman–Crippen MR) is 119 cm³/mol. The van der Waals surface area contributed by atoms with Crippen molar-refractivity contribution in [2.24, 2.45) is 17.8 Å². The fourth-order valence-electron chi connectivity index (χ4n) is 6.08. The quantitative estimate of drug-likeness (QED) is 0.657. The van der Waals surface area contributed by atoms with Gasteiger partial charge in [0, 0.05) is 10.8 Å². The minimum absolute atomic E-state index is 0.0598. The van der Waals surface area contributed by atoms with Crippen LogP contribution in [0.2, 0.25) is 0 Å². The van der Waals surface area contributed by atoms with Crippen molar-refractivity contribution in [3.63, 3.8) is 0 Å². The van der Waals surface area contributed by atoms with E-state index < -0.39 is 0 Å². The van der Waals surface area contributed by atoms with Gasteiger partial charge in [-0.3, -0.25) is 4.79 Å². The smallest absolute Gasteiger partial charge is 0.236 e. The SMILES string of the molecule is N#Cc1cc(C#N)c(SCC(=O)Nc2nc(C34CC5CC(CC(C5)C3)C4)cs2)nc1N. The molecule has 6 rings (SSSR count). The Morgan fingerprint density at radius 2 is 1.81 bits per heavy atom. The van der Waals surface area contributed by atoms with Crippen LogP contribution in [0.3, 0.4) is 0 Å². The van der Waals surface area contributed by atoms with Gasteiger partial charge in [-0.15, -0.1) is 11.3 Å². The maximum absolute atomic E-state index is 12.5. The molecule has 4 aliphatic carbocycles. The van der Waals surface area contributed by atoms with Gasteiger partial charge in [0.2, 0.25) is 5.91 Å². The lowest BCUT2D eigenvalue weighted by Gasteiger charge is -2.56. The van der Waals surface area contributed by atoms with Crippen LogP contribution in [0, 0.1) is 40.4 Å². The highest BCUT2D eigenvalue weighted by molar-refractivity contribution is 8.00. The number of nitrogen functional groups attached to an aromatic ring is 1. The van der Waals surface area contributed by atoms with Gasteiger partial charge in [0.15, 0.2) is 5.13 Å². The Balaban J connectivity index is 1.24. The Hall–Kier alpha value is -2.62. The summed E-state index contributed by atoms with van der Waals surface area (Å²) >= 11 is 2.62. The summed E-state index contributed by atoms with van der Waals surface area (Å²) in [6, 6.07) is 5.32. The van der Waals surface area contributed by atoms with Crippen LogP contribution in [0.15, 0.2) is 16.5 Å². The van der Waals surface area contributed by atoms with Crippen molar-refractivity contribution < 1.29 is 4.79 Å². The molecule has 0 aromatic carbocycles. The monoisotopic (exact) mass is 450 g/mol. The zero-order chi connectivity index (χ0) is 21.6. The average molecular weight is 451 g/mol. The van der Waals surface area contributed by atoms with Crippen LogP contribution in [0.25, 0.3) is 0 Å². The molecule has 4 aliphatic rings. The van der Waals surface area contributed by atoms with E-state index in [0.29, 0.717) is 10.2 Å². The number of anilines is 2. The number of thioether (sulfide) groups is 1. The van der Waals surface area contributed by atoms with E-state index in [9.17, 15) is 10.1 Å². The average Bonchev–Trinajstić information content (AvgIpc) is 3.20. The van der Waals surface area contributed by atoms with E-state index in [2.05, 4.69) is 15.7 Å². The van der Waals surface area contributed by atoms with Crippen LogP contribution in [-0.2, 0) is 10.2 Å². The van der Waals surface area contributed by atoms with E-state index in [1.54, 1.807) is 0 Å². The molecule has 2 heterocycles. The maximum atomic E-state index is 12.5. The molecule has 0 spiro atoms. The van der Waals surface area contributed by atoms with E-state index >= 15 is 0 Å². The van der Waals surface area contributed by atoms with Crippen LogP contribution in [0.1, 0.15) is 55.3 Å². The Kier molecular flexibility index (Phi) is 5.11. The first kappa shape index (κ1) is 20.3. The lowest BCUT2D eigenvalue weighted by molar-refractivity contribution is -0.113. The number of nitrogens with one attached hydrogen (secondary N) is 1. The molecule has 4 fully saturated rings. The molecule has 158 valence electrons. The summed E-state index contributed by atoms with van der Waals surface area (Å²) in [7, 11) is 0. The Morgan fingerprint density at radius 1 is 1.16 bits per heavy atom. The lowest BCUT2D eigenvalue weighted by atomic mass is 9.49. The second-order valence-electron chi connectivity index (χ2n) is 9.07. The fourth-order valence-corrected chi connectivity index (χ4v) is 7.69. The Bertz CT molecular complexity index is 1090. The van der Waals surface area contributed by atoms with Crippen molar-refractivity contribution in [2.45, 2.75) is 49.0 Å². The summed E-state index contributed by atoms with van der Waals surface area (Å²) in [6.45, 7) is 0. The molecule has 1 amide bonds. The third-order valence-corrected chi connectivity index (χ3v) is 8.68. The third-order valence-electron chi connectivity index (χ3n) is 6.93. The highest BCUT2D eigenvalue weighted by Crippen LogP contribution is 2.60. The van der Waals surface area contributed by atoms with Gasteiger partial charge in [-0.1, -0.05) is 11.8 Å². The molecule has 4 saturated carbocycles. The summed E-state index contributed by atoms with van der Waals surface area (Å²) < 4.78 is 0. The maximum Gasteiger partial charge on any atom is 0.236 e. The number of nitrogens with zero attached hydrogens (tertiary/aromatic N) is 4. The van der Waals surface area contributed by atoms with Crippen LogP contribution in [0.5, 0.6) is 0 Å². The second-order valence-corrected chi connectivity index (χ2v) is 10.9. The number of rotatable bonds is 5. The van der Waals surface area contributed by atoms with Crippen LogP contribution < -0.4 is 11.1 Å². The van der Waals surface area contributed by atoms with E-state index in [0.717, 1.165) is 35.2 Å². The van der Waals surface area contributed by atoms with Gasteiger partial charge >= 0.3 is 0 Å². The minimum atomic E-state index is -0.204. The van der Waals surface area contributed by atoms with E-state index in [1.165, 1.54) is 55.9 Å². The third kappa shape index (κ3) is 3.77. The molecule has 0 saturated heterocycles. The molecule has 31 heavy (non-hydrogen) atoms. The summed E-state index contributed by atoms with van der Waals surface area (Å²) in [4.78, 5) is 21.4. The fraction of sp³-hybridized carbons (Fsp3) is 0.500. The minimum Gasteiger partial charge on any atom is -0.383 e. The first-order valence-corrected chi connectivity index (χ1v) is 12.3. The molecule has 0 unspecified atom stereocenters. The van der Waals surface area contributed by atoms with Crippen molar-refractivity contribution in [3.8, 4) is 12.1 Å². The van der Waals surface area contributed by atoms with Gasteiger partial charge in [0.05, 0.1) is 22.6 Å². The number of hydrogen-bond donors (Lipinski definition) is 2. The molecule has 0 aliphatic heterocycles.